The van der Waals surface area contributed by atoms with Gasteiger partial charge in [-0.05, 0) is 42.8 Å². The van der Waals surface area contributed by atoms with Crippen molar-refractivity contribution in [3.63, 3.8) is 0 Å². The summed E-state index contributed by atoms with van der Waals surface area (Å²) < 4.78 is 7.08. The number of carbonyl (C=O) groups excluding carboxylic acids is 1. The Morgan fingerprint density at radius 3 is 2.69 bits per heavy atom. The fourth-order valence-corrected chi connectivity index (χ4v) is 3.82. The Kier molecular flexibility index (Phi) is 5.19. The lowest BCUT2D eigenvalue weighted by molar-refractivity contribution is 0.261. The molecule has 3 N–H and O–H groups in total. The molecule has 0 aliphatic carbocycles. The standard InChI is InChI=1S/C25H19N9O2/c1-15-12-34(14-29-15)24-19-9-20(31-23(19)27-13-28-24)16-4-6-18(7-5-16)30-25(35)32-22-10-21(33-36-22)17-3-2-8-26-11-17/h2-14H,1H3,(H,27,28,31)(H2,30,32,35). The zero-order valence-corrected chi connectivity index (χ0v) is 19.0. The Morgan fingerprint density at radius 1 is 1.03 bits per heavy atom. The number of nitrogens with one attached hydrogen (secondary N) is 3. The third-order valence-corrected chi connectivity index (χ3v) is 5.52. The van der Waals surface area contributed by atoms with Gasteiger partial charge in [0, 0.05) is 41.6 Å². The SMILES string of the molecule is Cc1cn(-c2ncnc3[nH]c(-c4ccc(NC(=O)Nc5cc(-c6cccnc6)no5)cc4)cc23)cn1. The quantitative estimate of drug-likeness (QED) is 0.324. The van der Waals surface area contributed by atoms with Crippen molar-refractivity contribution in [1.29, 1.82) is 0 Å². The van der Waals surface area contributed by atoms with Gasteiger partial charge >= 0.3 is 6.03 Å². The summed E-state index contributed by atoms with van der Waals surface area (Å²) in [6.45, 7) is 1.93. The van der Waals surface area contributed by atoms with E-state index in [1.807, 2.05) is 54.1 Å². The Balaban J connectivity index is 1.16. The van der Waals surface area contributed by atoms with Crippen LogP contribution < -0.4 is 10.6 Å². The molecular formula is C25H19N9O2. The predicted molar refractivity (Wildman–Crippen MR) is 134 cm³/mol. The molecule has 0 saturated heterocycles. The lowest BCUT2D eigenvalue weighted by atomic mass is 10.1. The number of aromatic amines is 1. The number of amides is 2. The van der Waals surface area contributed by atoms with Gasteiger partial charge in [-0.3, -0.25) is 14.9 Å². The number of carbonyl (C=O) groups is 1. The van der Waals surface area contributed by atoms with Crippen molar-refractivity contribution < 1.29 is 9.32 Å². The average molecular weight is 477 g/mol. The van der Waals surface area contributed by atoms with Crippen LogP contribution in [-0.2, 0) is 0 Å². The molecule has 5 heterocycles. The molecule has 5 aromatic heterocycles. The normalized spacial score (nSPS) is 11.0. The second kappa shape index (κ2) is 8.80. The van der Waals surface area contributed by atoms with Gasteiger partial charge in [0.2, 0.25) is 5.88 Å². The second-order valence-corrected chi connectivity index (χ2v) is 8.04. The minimum absolute atomic E-state index is 0.228. The van der Waals surface area contributed by atoms with Crippen molar-refractivity contribution in [3.8, 4) is 28.3 Å². The molecule has 0 unspecified atom stereocenters. The number of H-pyrrole nitrogens is 1. The van der Waals surface area contributed by atoms with E-state index >= 15 is 0 Å². The maximum atomic E-state index is 12.4. The van der Waals surface area contributed by atoms with Crippen LogP contribution in [0, 0.1) is 6.92 Å². The Bertz CT molecular complexity index is 1670. The van der Waals surface area contributed by atoms with Crippen LogP contribution in [0.3, 0.4) is 0 Å². The molecule has 0 atom stereocenters. The summed E-state index contributed by atoms with van der Waals surface area (Å²) in [5.74, 6) is 0.975. The first kappa shape index (κ1) is 21.2. The van der Waals surface area contributed by atoms with Crippen LogP contribution in [0.15, 0.2) is 84.3 Å². The van der Waals surface area contributed by atoms with Crippen LogP contribution >= 0.6 is 0 Å². The highest BCUT2D eigenvalue weighted by Gasteiger charge is 2.13. The molecule has 0 aliphatic rings. The van der Waals surface area contributed by atoms with E-state index in [-0.39, 0.29) is 5.88 Å². The minimum Gasteiger partial charge on any atom is -0.339 e. The number of fused-ring (bicyclic) bond motifs is 1. The molecule has 11 heteroatoms. The molecule has 0 saturated carbocycles. The van der Waals surface area contributed by atoms with E-state index in [2.05, 4.69) is 40.7 Å². The number of pyridine rings is 1. The average Bonchev–Trinajstić information content (AvgIpc) is 3.64. The Morgan fingerprint density at radius 2 is 1.92 bits per heavy atom. The second-order valence-electron chi connectivity index (χ2n) is 8.04. The van der Waals surface area contributed by atoms with Crippen LogP contribution in [0.1, 0.15) is 5.69 Å². The summed E-state index contributed by atoms with van der Waals surface area (Å²) in [4.78, 5) is 32.9. The first-order chi connectivity index (χ1) is 17.6. The topological polar surface area (TPSA) is 139 Å². The summed E-state index contributed by atoms with van der Waals surface area (Å²) >= 11 is 0. The van der Waals surface area contributed by atoms with E-state index in [1.54, 1.807) is 30.9 Å². The fraction of sp³-hybridized carbons (Fsp3) is 0.0400. The van der Waals surface area contributed by atoms with Crippen molar-refractivity contribution in [1.82, 2.24) is 34.6 Å². The number of hydrogen-bond donors (Lipinski definition) is 3. The molecule has 0 aliphatic heterocycles. The van der Waals surface area contributed by atoms with Crippen molar-refractivity contribution in [2.24, 2.45) is 0 Å². The highest BCUT2D eigenvalue weighted by molar-refractivity contribution is 5.99. The van der Waals surface area contributed by atoms with Crippen molar-refractivity contribution in [3.05, 3.63) is 85.5 Å². The molecule has 0 bridgehead atoms. The van der Waals surface area contributed by atoms with Gasteiger partial charge in [0.25, 0.3) is 0 Å². The number of hydrogen-bond acceptors (Lipinski definition) is 7. The highest BCUT2D eigenvalue weighted by atomic mass is 16.5. The van der Waals surface area contributed by atoms with Gasteiger partial charge in [-0.25, -0.2) is 19.7 Å². The number of benzene rings is 1. The third-order valence-electron chi connectivity index (χ3n) is 5.52. The van der Waals surface area contributed by atoms with Gasteiger partial charge in [0.1, 0.15) is 24.0 Å². The van der Waals surface area contributed by atoms with Crippen molar-refractivity contribution in [2.45, 2.75) is 6.92 Å². The third kappa shape index (κ3) is 4.16. The van der Waals surface area contributed by atoms with Crippen LogP contribution in [0.25, 0.3) is 39.4 Å². The van der Waals surface area contributed by atoms with Gasteiger partial charge in [0.15, 0.2) is 5.82 Å². The highest BCUT2D eigenvalue weighted by Crippen LogP contribution is 2.27. The van der Waals surface area contributed by atoms with E-state index in [0.717, 1.165) is 39.4 Å². The van der Waals surface area contributed by atoms with Crippen molar-refractivity contribution in [2.75, 3.05) is 10.6 Å². The van der Waals surface area contributed by atoms with E-state index in [0.29, 0.717) is 11.4 Å². The summed E-state index contributed by atoms with van der Waals surface area (Å²) in [5.41, 5.74) is 5.43. The molecule has 11 nitrogen and oxygen atoms in total. The van der Waals surface area contributed by atoms with Crippen LogP contribution in [0.2, 0.25) is 0 Å². The van der Waals surface area contributed by atoms with Gasteiger partial charge < -0.3 is 14.8 Å². The number of rotatable bonds is 5. The molecule has 0 radical (unpaired) electrons. The van der Waals surface area contributed by atoms with Crippen molar-refractivity contribution >= 4 is 28.6 Å². The van der Waals surface area contributed by atoms with Gasteiger partial charge in [-0.1, -0.05) is 17.3 Å². The maximum Gasteiger partial charge on any atom is 0.326 e. The molecule has 6 rings (SSSR count). The first-order valence-electron chi connectivity index (χ1n) is 11.0. The smallest absolute Gasteiger partial charge is 0.326 e. The van der Waals surface area contributed by atoms with Gasteiger partial charge in [-0.2, -0.15) is 0 Å². The number of urea groups is 1. The zero-order chi connectivity index (χ0) is 24.5. The fourth-order valence-electron chi connectivity index (χ4n) is 3.82. The van der Waals surface area contributed by atoms with Gasteiger partial charge in [-0.15, -0.1) is 0 Å². The number of aryl methyl sites for hydroxylation is 1. The number of nitrogens with zero attached hydrogens (tertiary/aromatic N) is 6. The number of aromatic nitrogens is 7. The predicted octanol–water partition coefficient (Wildman–Crippen LogP) is 4.81. The summed E-state index contributed by atoms with van der Waals surface area (Å²) in [5, 5.41) is 10.3. The Hall–Kier alpha value is -5.32. The van der Waals surface area contributed by atoms with Gasteiger partial charge in [0.05, 0.1) is 11.1 Å². The number of imidazole rings is 1. The summed E-state index contributed by atoms with van der Waals surface area (Å²) in [7, 11) is 0. The van der Waals surface area contributed by atoms with E-state index < -0.39 is 6.03 Å². The summed E-state index contributed by atoms with van der Waals surface area (Å²) in [6, 6.07) is 14.3. The number of anilines is 2. The first-order valence-corrected chi connectivity index (χ1v) is 11.0. The maximum absolute atomic E-state index is 12.4. The zero-order valence-electron chi connectivity index (χ0n) is 19.0. The minimum atomic E-state index is -0.446. The molecule has 36 heavy (non-hydrogen) atoms. The summed E-state index contributed by atoms with van der Waals surface area (Å²) in [6.07, 6.45) is 8.51. The van der Waals surface area contributed by atoms with E-state index in [9.17, 15) is 4.79 Å². The molecule has 0 spiro atoms. The van der Waals surface area contributed by atoms with E-state index in [1.165, 1.54) is 6.33 Å². The Labute approximate surface area is 204 Å². The lowest BCUT2D eigenvalue weighted by Crippen LogP contribution is -2.18. The molecule has 6 aromatic rings. The van der Waals surface area contributed by atoms with Crippen LogP contribution in [-0.4, -0.2) is 40.7 Å². The largest absolute Gasteiger partial charge is 0.339 e. The monoisotopic (exact) mass is 477 g/mol. The lowest BCUT2D eigenvalue weighted by Gasteiger charge is -2.06. The molecule has 176 valence electrons. The van der Waals surface area contributed by atoms with Crippen LogP contribution in [0.4, 0.5) is 16.4 Å². The molecule has 1 aromatic carbocycles. The van der Waals surface area contributed by atoms with E-state index in [4.69, 9.17) is 4.52 Å². The molecular weight excluding hydrogens is 458 g/mol. The van der Waals surface area contributed by atoms with Crippen LogP contribution in [0.5, 0.6) is 0 Å². The molecule has 2 amide bonds. The molecule has 0 fully saturated rings.